The second-order valence-corrected chi connectivity index (χ2v) is 2.56. The van der Waals surface area contributed by atoms with E-state index in [1.165, 1.54) is 0 Å². The zero-order valence-electron chi connectivity index (χ0n) is 8.08. The average molecular weight is 191 g/mol. The minimum atomic E-state index is -0.527. The summed E-state index contributed by atoms with van der Waals surface area (Å²) in [5, 5.41) is 10.9. The van der Waals surface area contributed by atoms with Crippen LogP contribution < -0.4 is 5.32 Å². The number of aliphatic hydroxyl groups is 1. The predicted octanol–water partition coefficient (Wildman–Crippen LogP) is 0.130. The molecule has 0 aromatic heterocycles. The van der Waals surface area contributed by atoms with E-state index in [2.05, 4.69) is 10.1 Å². The third-order valence-corrected chi connectivity index (χ3v) is 1.26. The molecule has 0 bridgehead atoms. The van der Waals surface area contributed by atoms with Gasteiger partial charge in [0.15, 0.2) is 0 Å². The molecule has 0 fully saturated rings. The van der Waals surface area contributed by atoms with E-state index in [0.717, 1.165) is 0 Å². The van der Waals surface area contributed by atoms with E-state index >= 15 is 0 Å². The first-order valence-corrected chi connectivity index (χ1v) is 4.32. The smallest absolute Gasteiger partial charge is 0.407 e. The number of carbonyl (C=O) groups is 1. The van der Waals surface area contributed by atoms with E-state index in [4.69, 9.17) is 9.84 Å². The summed E-state index contributed by atoms with van der Waals surface area (Å²) in [6.45, 7) is 4.65. The van der Waals surface area contributed by atoms with Crippen LogP contribution in [0.25, 0.3) is 0 Å². The Hall–Kier alpha value is -0.810. The molecule has 0 aliphatic rings. The number of amides is 1. The van der Waals surface area contributed by atoms with Crippen molar-refractivity contribution in [2.24, 2.45) is 0 Å². The van der Waals surface area contributed by atoms with Crippen LogP contribution >= 0.6 is 0 Å². The van der Waals surface area contributed by atoms with Crippen molar-refractivity contribution in [1.29, 1.82) is 0 Å². The lowest BCUT2D eigenvalue weighted by Crippen LogP contribution is -2.36. The van der Waals surface area contributed by atoms with Gasteiger partial charge < -0.3 is 19.9 Å². The van der Waals surface area contributed by atoms with Crippen LogP contribution in [0.5, 0.6) is 0 Å². The zero-order chi connectivity index (χ0) is 10.1. The van der Waals surface area contributed by atoms with Crippen molar-refractivity contribution in [2.75, 3.05) is 26.4 Å². The van der Waals surface area contributed by atoms with Gasteiger partial charge in [0.25, 0.3) is 0 Å². The first-order chi connectivity index (χ1) is 6.20. The summed E-state index contributed by atoms with van der Waals surface area (Å²) < 4.78 is 9.67. The van der Waals surface area contributed by atoms with E-state index < -0.39 is 6.09 Å². The normalized spacial score (nSPS) is 12.2. The van der Waals surface area contributed by atoms with Crippen molar-refractivity contribution in [3.63, 3.8) is 0 Å². The minimum absolute atomic E-state index is 0.0210. The fraction of sp³-hybridized carbons (Fsp3) is 0.875. The summed E-state index contributed by atoms with van der Waals surface area (Å²) in [6.07, 6.45) is -0.527. The molecule has 0 saturated carbocycles. The first kappa shape index (κ1) is 12.2. The van der Waals surface area contributed by atoms with Gasteiger partial charge >= 0.3 is 6.09 Å². The lowest BCUT2D eigenvalue weighted by Gasteiger charge is -2.12. The molecule has 78 valence electrons. The predicted molar refractivity (Wildman–Crippen MR) is 47.5 cm³/mol. The Balaban J connectivity index is 3.41. The highest BCUT2D eigenvalue weighted by Gasteiger charge is 2.06. The summed E-state index contributed by atoms with van der Waals surface area (Å²) in [4.78, 5) is 10.9. The number of hydrogen-bond acceptors (Lipinski definition) is 4. The van der Waals surface area contributed by atoms with Gasteiger partial charge in [-0.15, -0.1) is 0 Å². The highest BCUT2D eigenvalue weighted by atomic mass is 16.6. The molecular formula is C8H17NO4. The minimum Gasteiger partial charge on any atom is -0.447 e. The van der Waals surface area contributed by atoms with Gasteiger partial charge in [0.1, 0.15) is 6.61 Å². The Morgan fingerprint density at radius 2 is 2.31 bits per heavy atom. The van der Waals surface area contributed by atoms with Crippen LogP contribution in [0.3, 0.4) is 0 Å². The molecule has 0 rings (SSSR count). The molecule has 0 radical (unpaired) electrons. The molecule has 1 atom stereocenters. The number of rotatable bonds is 6. The lowest BCUT2D eigenvalue weighted by molar-refractivity contribution is 0.0997. The highest BCUT2D eigenvalue weighted by molar-refractivity contribution is 5.67. The third-order valence-electron chi connectivity index (χ3n) is 1.26. The molecular weight excluding hydrogens is 174 g/mol. The van der Waals surface area contributed by atoms with E-state index in [1.54, 1.807) is 0 Å². The van der Waals surface area contributed by atoms with Crippen molar-refractivity contribution < 1.29 is 19.4 Å². The SMILES string of the molecule is CCOCC(C)NC(=O)OCCO. The van der Waals surface area contributed by atoms with Crippen LogP contribution in [0.4, 0.5) is 4.79 Å². The van der Waals surface area contributed by atoms with Crippen LogP contribution in [0, 0.1) is 0 Å². The number of carbonyl (C=O) groups excluding carboxylic acids is 1. The second kappa shape index (κ2) is 7.82. The average Bonchev–Trinajstić information content (AvgIpc) is 2.11. The molecule has 1 amide bonds. The summed E-state index contributed by atoms with van der Waals surface area (Å²) in [5.74, 6) is 0. The van der Waals surface area contributed by atoms with Crippen LogP contribution in [0.2, 0.25) is 0 Å². The van der Waals surface area contributed by atoms with E-state index in [1.807, 2.05) is 13.8 Å². The van der Waals surface area contributed by atoms with E-state index in [-0.39, 0.29) is 19.3 Å². The van der Waals surface area contributed by atoms with Crippen molar-refractivity contribution in [3.05, 3.63) is 0 Å². The molecule has 0 aromatic rings. The third kappa shape index (κ3) is 7.55. The quantitative estimate of drug-likeness (QED) is 0.626. The van der Waals surface area contributed by atoms with Crippen LogP contribution in [-0.4, -0.2) is 43.7 Å². The number of aliphatic hydroxyl groups excluding tert-OH is 1. The maximum atomic E-state index is 10.9. The summed E-state index contributed by atoms with van der Waals surface area (Å²) in [5.41, 5.74) is 0. The maximum absolute atomic E-state index is 10.9. The number of hydrogen-bond donors (Lipinski definition) is 2. The molecule has 0 aliphatic carbocycles. The molecule has 0 heterocycles. The maximum Gasteiger partial charge on any atom is 0.407 e. The molecule has 5 heteroatoms. The van der Waals surface area contributed by atoms with Crippen molar-refractivity contribution in [3.8, 4) is 0 Å². The number of ether oxygens (including phenoxy) is 2. The van der Waals surface area contributed by atoms with Crippen molar-refractivity contribution >= 4 is 6.09 Å². The summed E-state index contributed by atoms with van der Waals surface area (Å²) in [6, 6.07) is -0.0776. The summed E-state index contributed by atoms with van der Waals surface area (Å²) in [7, 11) is 0. The van der Waals surface area contributed by atoms with Crippen LogP contribution in [0.15, 0.2) is 0 Å². The monoisotopic (exact) mass is 191 g/mol. The highest BCUT2D eigenvalue weighted by Crippen LogP contribution is 1.86. The molecule has 0 spiro atoms. The van der Waals surface area contributed by atoms with Gasteiger partial charge in [0.05, 0.1) is 19.3 Å². The fourth-order valence-electron chi connectivity index (χ4n) is 0.717. The topological polar surface area (TPSA) is 67.8 Å². The molecule has 1 unspecified atom stereocenters. The van der Waals surface area contributed by atoms with Crippen LogP contribution in [0.1, 0.15) is 13.8 Å². The first-order valence-electron chi connectivity index (χ1n) is 4.32. The Labute approximate surface area is 78.0 Å². The lowest BCUT2D eigenvalue weighted by atomic mass is 10.4. The number of alkyl carbamates (subject to hydrolysis) is 1. The second-order valence-electron chi connectivity index (χ2n) is 2.56. The summed E-state index contributed by atoms with van der Waals surface area (Å²) >= 11 is 0. The van der Waals surface area contributed by atoms with Gasteiger partial charge in [0.2, 0.25) is 0 Å². The molecule has 0 aromatic carbocycles. The van der Waals surface area contributed by atoms with Gasteiger partial charge in [-0.05, 0) is 13.8 Å². The molecule has 2 N–H and O–H groups in total. The van der Waals surface area contributed by atoms with Gasteiger partial charge in [-0.3, -0.25) is 0 Å². The fourth-order valence-corrected chi connectivity index (χ4v) is 0.717. The van der Waals surface area contributed by atoms with Gasteiger partial charge in [-0.25, -0.2) is 4.79 Å². The zero-order valence-corrected chi connectivity index (χ0v) is 8.08. The van der Waals surface area contributed by atoms with E-state index in [9.17, 15) is 4.79 Å². The standard InChI is InChI=1S/C8H17NO4/c1-3-12-6-7(2)9-8(11)13-5-4-10/h7,10H,3-6H2,1-2H3,(H,9,11). The molecule has 5 nitrogen and oxygen atoms in total. The Bertz CT molecular complexity index is 140. The van der Waals surface area contributed by atoms with E-state index in [0.29, 0.717) is 13.2 Å². The van der Waals surface area contributed by atoms with Crippen molar-refractivity contribution in [1.82, 2.24) is 5.32 Å². The molecule has 0 saturated heterocycles. The Kier molecular flexibility index (Phi) is 7.33. The Morgan fingerprint density at radius 1 is 1.62 bits per heavy atom. The van der Waals surface area contributed by atoms with Gasteiger partial charge in [-0.2, -0.15) is 0 Å². The van der Waals surface area contributed by atoms with Crippen molar-refractivity contribution in [2.45, 2.75) is 19.9 Å². The Morgan fingerprint density at radius 3 is 2.85 bits per heavy atom. The number of nitrogens with one attached hydrogen (secondary N) is 1. The largest absolute Gasteiger partial charge is 0.447 e. The van der Waals surface area contributed by atoms with Gasteiger partial charge in [0, 0.05) is 6.61 Å². The molecule has 0 aliphatic heterocycles. The van der Waals surface area contributed by atoms with Crippen LogP contribution in [-0.2, 0) is 9.47 Å². The van der Waals surface area contributed by atoms with Gasteiger partial charge in [-0.1, -0.05) is 0 Å². The molecule has 13 heavy (non-hydrogen) atoms.